The molecule has 0 aliphatic heterocycles. The highest BCUT2D eigenvalue weighted by Crippen LogP contribution is 2.31. The SMILES string of the molecule is C#CC1(OC=O)CCCC1. The smallest absolute Gasteiger partial charge is 0.294 e. The maximum Gasteiger partial charge on any atom is 0.294 e. The fraction of sp³-hybridized carbons (Fsp3) is 0.625. The van der Waals surface area contributed by atoms with Gasteiger partial charge in [-0.3, -0.25) is 4.79 Å². The van der Waals surface area contributed by atoms with Crippen LogP contribution in [0.3, 0.4) is 0 Å². The molecule has 1 saturated carbocycles. The van der Waals surface area contributed by atoms with Gasteiger partial charge < -0.3 is 4.74 Å². The van der Waals surface area contributed by atoms with Gasteiger partial charge in [-0.05, 0) is 25.7 Å². The second-order valence-corrected chi connectivity index (χ2v) is 2.56. The summed E-state index contributed by atoms with van der Waals surface area (Å²) < 4.78 is 4.82. The third-order valence-electron chi connectivity index (χ3n) is 1.95. The van der Waals surface area contributed by atoms with Crippen molar-refractivity contribution in [3.05, 3.63) is 0 Å². The maximum atomic E-state index is 10.0. The molecule has 1 aliphatic carbocycles. The first kappa shape index (κ1) is 7.14. The highest BCUT2D eigenvalue weighted by Gasteiger charge is 2.33. The van der Waals surface area contributed by atoms with Crippen molar-refractivity contribution in [1.29, 1.82) is 0 Å². The van der Waals surface area contributed by atoms with Gasteiger partial charge in [0.15, 0.2) is 5.60 Å². The van der Waals surface area contributed by atoms with Gasteiger partial charge in [0.25, 0.3) is 6.47 Å². The topological polar surface area (TPSA) is 26.3 Å². The van der Waals surface area contributed by atoms with Crippen LogP contribution in [-0.4, -0.2) is 12.1 Å². The van der Waals surface area contributed by atoms with Crippen LogP contribution in [0.1, 0.15) is 25.7 Å². The zero-order valence-corrected chi connectivity index (χ0v) is 5.80. The summed E-state index contributed by atoms with van der Waals surface area (Å²) in [6.45, 7) is 0.450. The number of carbonyl (C=O) groups is 1. The van der Waals surface area contributed by atoms with Crippen molar-refractivity contribution in [3.63, 3.8) is 0 Å². The number of ether oxygens (including phenoxy) is 1. The lowest BCUT2D eigenvalue weighted by atomic mass is 10.0. The predicted molar refractivity (Wildman–Crippen MR) is 37.2 cm³/mol. The van der Waals surface area contributed by atoms with Crippen LogP contribution in [0, 0.1) is 12.3 Å². The van der Waals surface area contributed by atoms with Crippen molar-refractivity contribution in [2.24, 2.45) is 0 Å². The van der Waals surface area contributed by atoms with Crippen LogP contribution in [0.4, 0.5) is 0 Å². The van der Waals surface area contributed by atoms with E-state index in [1.807, 2.05) is 0 Å². The van der Waals surface area contributed by atoms with Crippen LogP contribution in [0.5, 0.6) is 0 Å². The molecule has 0 unspecified atom stereocenters. The molecule has 0 spiro atoms. The first-order valence-electron chi connectivity index (χ1n) is 3.42. The molecule has 1 fully saturated rings. The first-order valence-corrected chi connectivity index (χ1v) is 3.42. The average molecular weight is 138 g/mol. The van der Waals surface area contributed by atoms with Gasteiger partial charge in [0.2, 0.25) is 0 Å². The Morgan fingerprint density at radius 3 is 2.50 bits per heavy atom. The molecule has 0 aromatic heterocycles. The minimum atomic E-state index is -0.554. The molecule has 0 aromatic carbocycles. The molecule has 54 valence electrons. The molecule has 1 rings (SSSR count). The largest absolute Gasteiger partial charge is 0.448 e. The van der Waals surface area contributed by atoms with Crippen molar-refractivity contribution < 1.29 is 9.53 Å². The first-order chi connectivity index (χ1) is 4.83. The third kappa shape index (κ3) is 1.13. The highest BCUT2D eigenvalue weighted by atomic mass is 16.5. The van der Waals surface area contributed by atoms with Crippen LogP contribution >= 0.6 is 0 Å². The number of hydrogen-bond acceptors (Lipinski definition) is 2. The van der Waals surface area contributed by atoms with E-state index < -0.39 is 5.60 Å². The number of carbonyl (C=O) groups excluding carboxylic acids is 1. The van der Waals surface area contributed by atoms with Crippen LogP contribution in [0.15, 0.2) is 0 Å². The average Bonchev–Trinajstić information content (AvgIpc) is 2.39. The maximum absolute atomic E-state index is 10.0. The molecule has 0 atom stereocenters. The molecule has 10 heavy (non-hydrogen) atoms. The molecule has 0 radical (unpaired) electrons. The fourth-order valence-electron chi connectivity index (χ4n) is 1.33. The van der Waals surface area contributed by atoms with E-state index in [1.54, 1.807) is 0 Å². The zero-order valence-electron chi connectivity index (χ0n) is 5.80. The lowest BCUT2D eigenvalue weighted by molar-refractivity contribution is -0.137. The summed E-state index contributed by atoms with van der Waals surface area (Å²) in [6.07, 6.45) is 9.00. The van der Waals surface area contributed by atoms with Gasteiger partial charge in [0, 0.05) is 0 Å². The molecule has 0 saturated heterocycles. The van der Waals surface area contributed by atoms with Crippen molar-refractivity contribution in [1.82, 2.24) is 0 Å². The van der Waals surface area contributed by atoms with Gasteiger partial charge in [-0.1, -0.05) is 5.92 Å². The van der Waals surface area contributed by atoms with E-state index >= 15 is 0 Å². The normalized spacial score (nSPS) is 21.5. The summed E-state index contributed by atoms with van der Waals surface area (Å²) in [4.78, 5) is 10.0. The summed E-state index contributed by atoms with van der Waals surface area (Å²) >= 11 is 0. The highest BCUT2D eigenvalue weighted by molar-refractivity contribution is 5.40. The quantitative estimate of drug-likeness (QED) is 0.422. The molecule has 0 heterocycles. The summed E-state index contributed by atoms with van der Waals surface area (Å²) in [5.74, 6) is 2.52. The van der Waals surface area contributed by atoms with E-state index in [0.29, 0.717) is 6.47 Å². The van der Waals surface area contributed by atoms with Gasteiger partial charge in [-0.15, -0.1) is 6.42 Å². The van der Waals surface area contributed by atoms with Gasteiger partial charge in [0.05, 0.1) is 0 Å². The number of terminal acetylenes is 1. The number of rotatable bonds is 2. The Kier molecular flexibility index (Phi) is 1.96. The summed E-state index contributed by atoms with van der Waals surface area (Å²) in [5.41, 5.74) is -0.554. The summed E-state index contributed by atoms with van der Waals surface area (Å²) in [5, 5.41) is 0. The molecule has 1 aliphatic rings. The van der Waals surface area contributed by atoms with Gasteiger partial charge >= 0.3 is 0 Å². The molecule has 0 N–H and O–H groups in total. The van der Waals surface area contributed by atoms with E-state index in [4.69, 9.17) is 11.2 Å². The van der Waals surface area contributed by atoms with E-state index in [-0.39, 0.29) is 0 Å². The standard InChI is InChI=1S/C8H10O2/c1-2-8(10-7-9)5-3-4-6-8/h1,7H,3-6H2. The van der Waals surface area contributed by atoms with E-state index in [2.05, 4.69) is 5.92 Å². The lowest BCUT2D eigenvalue weighted by Crippen LogP contribution is -2.25. The van der Waals surface area contributed by atoms with Crippen molar-refractivity contribution in [3.8, 4) is 12.3 Å². The molecule has 0 bridgehead atoms. The third-order valence-corrected chi connectivity index (χ3v) is 1.95. The molecule has 2 heteroatoms. The van der Waals surface area contributed by atoms with E-state index in [9.17, 15) is 4.79 Å². The second kappa shape index (κ2) is 2.74. The van der Waals surface area contributed by atoms with Gasteiger partial charge in [-0.2, -0.15) is 0 Å². The van der Waals surface area contributed by atoms with Gasteiger partial charge in [-0.25, -0.2) is 0 Å². The Bertz CT molecular complexity index is 161. The Labute approximate surface area is 60.6 Å². The molecule has 0 aromatic rings. The fourth-order valence-corrected chi connectivity index (χ4v) is 1.33. The van der Waals surface area contributed by atoms with E-state index in [1.165, 1.54) is 0 Å². The molecule has 0 amide bonds. The Morgan fingerprint density at radius 1 is 1.50 bits per heavy atom. The molecule has 2 nitrogen and oxygen atoms in total. The Balaban J connectivity index is 2.59. The van der Waals surface area contributed by atoms with Crippen molar-refractivity contribution in [2.45, 2.75) is 31.3 Å². The van der Waals surface area contributed by atoms with Crippen LogP contribution < -0.4 is 0 Å². The van der Waals surface area contributed by atoms with Gasteiger partial charge in [0.1, 0.15) is 0 Å². The predicted octanol–water partition coefficient (Wildman–Crippen LogP) is 1.11. The second-order valence-electron chi connectivity index (χ2n) is 2.56. The van der Waals surface area contributed by atoms with Crippen molar-refractivity contribution in [2.75, 3.05) is 0 Å². The summed E-state index contributed by atoms with van der Waals surface area (Å²) in [6, 6.07) is 0. The van der Waals surface area contributed by atoms with Crippen LogP contribution in [0.2, 0.25) is 0 Å². The molecular formula is C8H10O2. The lowest BCUT2D eigenvalue weighted by Gasteiger charge is -2.18. The van der Waals surface area contributed by atoms with Crippen molar-refractivity contribution >= 4 is 6.47 Å². The monoisotopic (exact) mass is 138 g/mol. The van der Waals surface area contributed by atoms with E-state index in [0.717, 1.165) is 25.7 Å². The number of hydrogen-bond donors (Lipinski definition) is 0. The molecular weight excluding hydrogens is 128 g/mol. The van der Waals surface area contributed by atoms with Crippen LogP contribution in [0.25, 0.3) is 0 Å². The Morgan fingerprint density at radius 2 is 2.10 bits per heavy atom. The van der Waals surface area contributed by atoms with Crippen LogP contribution in [-0.2, 0) is 9.53 Å². The minimum Gasteiger partial charge on any atom is -0.448 e. The minimum absolute atomic E-state index is 0.450. The Hall–Kier alpha value is -0.970. The zero-order chi connectivity index (χ0) is 7.45. The summed E-state index contributed by atoms with van der Waals surface area (Å²) in [7, 11) is 0.